The molecule has 0 spiro atoms. The number of carbonyl (C=O) groups is 16. The van der Waals surface area contributed by atoms with Crippen LogP contribution >= 0.6 is 21.6 Å². The molecule has 20 N–H and O–H groups in total. The SMILES string of the molecule is CCOC(=O)O[C@H]1C[C@H]2OC[C@@]2(OC(C)=O)C2[C@H](OC(=O)c3ccccc3)[C@]3(O)C[C@H](OC(=O)[C@H](O)[C@@H](NC(=O)c4ccccc4)c4ccccc4)C(C)=C([C@@H](OC(C)=O)C(=O)[C@@]21C)C3(C)C.CCSSC[C@H](NC(=O)[C@H](CC(=O)O)NC(=O)[C@H](CCCN=C(N)N)NC(=O)[C@H](CC(=O)O)NC(=O)CC[C@H](NC(=O)c1ccc(NCc2cnc3cc(N)[nH]c(=O)c3n2)cc1)C(=O)O)C(=O)O. The number of fused-ring (bicyclic) bond motifs is 6. The molecule has 6 aromatic rings. The lowest BCUT2D eigenvalue weighted by Gasteiger charge is -2.67. The van der Waals surface area contributed by atoms with Crippen LogP contribution in [0.25, 0.3) is 11.0 Å². The van der Waals surface area contributed by atoms with Crippen LogP contribution in [0.1, 0.15) is 155 Å². The number of aromatic nitrogens is 3. The van der Waals surface area contributed by atoms with E-state index in [4.69, 9.17) is 50.4 Å². The first-order chi connectivity index (χ1) is 63.9. The van der Waals surface area contributed by atoms with Crippen LogP contribution in [-0.2, 0) is 97.2 Å². The first kappa shape index (κ1) is 105. The maximum Gasteiger partial charge on any atom is 0.508 e. The predicted molar refractivity (Wildman–Crippen MR) is 480 cm³/mol. The molecule has 16 atom stereocenters. The molecular weight excluding hydrogens is 1810 g/mol. The number of hydrogen-bond acceptors (Lipinski definition) is 33. The molecule has 135 heavy (non-hydrogen) atoms. The Morgan fingerprint density at radius 1 is 0.674 bits per heavy atom. The van der Waals surface area contributed by atoms with E-state index in [1.807, 2.05) is 6.92 Å². The number of carbonyl (C=O) groups excluding carboxylic acids is 12. The zero-order valence-electron chi connectivity index (χ0n) is 74.4. The minimum atomic E-state index is -2.47. The number of ether oxygens (including phenoxy) is 7. The van der Waals surface area contributed by atoms with Gasteiger partial charge in [-0.2, -0.15) is 0 Å². The van der Waals surface area contributed by atoms with Crippen molar-refractivity contribution in [2.75, 3.05) is 42.3 Å². The normalized spacial score (nSPS) is 21.5. The molecule has 4 aromatic carbocycles. The van der Waals surface area contributed by atoms with Gasteiger partial charge in [-0.05, 0) is 105 Å². The third-order valence-electron chi connectivity index (χ3n) is 23.1. The Morgan fingerprint density at radius 2 is 1.25 bits per heavy atom. The highest BCUT2D eigenvalue weighted by Gasteiger charge is 2.79. The smallest absolute Gasteiger partial charge is 0.481 e. The molecule has 46 heteroatoms. The largest absolute Gasteiger partial charge is 0.508 e. The van der Waals surface area contributed by atoms with Gasteiger partial charge >= 0.3 is 53.9 Å². The van der Waals surface area contributed by atoms with Gasteiger partial charge in [0.2, 0.25) is 23.6 Å². The molecule has 724 valence electrons. The summed E-state index contributed by atoms with van der Waals surface area (Å²) >= 11 is 0. The maximum absolute atomic E-state index is 16.0. The summed E-state index contributed by atoms with van der Waals surface area (Å²) in [6.45, 7) is 11.1. The summed E-state index contributed by atoms with van der Waals surface area (Å²) in [6.07, 6.45) is -14.1. The number of hydrogen-bond donors (Lipinski definition) is 17. The van der Waals surface area contributed by atoms with Crippen LogP contribution in [0.2, 0.25) is 0 Å². The molecule has 1 unspecified atom stereocenters. The van der Waals surface area contributed by atoms with Crippen LogP contribution in [0.3, 0.4) is 0 Å². The average molecular weight is 1920 g/mol. The van der Waals surface area contributed by atoms with Gasteiger partial charge in [-0.1, -0.05) is 109 Å². The van der Waals surface area contributed by atoms with Gasteiger partial charge < -0.3 is 123 Å². The summed E-state index contributed by atoms with van der Waals surface area (Å²) in [5.41, 5.74) is 9.72. The van der Waals surface area contributed by atoms with Crippen molar-refractivity contribution < 1.29 is 141 Å². The highest BCUT2D eigenvalue weighted by molar-refractivity contribution is 8.76. The fourth-order valence-electron chi connectivity index (χ4n) is 16.5. The summed E-state index contributed by atoms with van der Waals surface area (Å²) in [4.78, 5) is 239. The number of aliphatic hydroxyl groups is 2. The van der Waals surface area contributed by atoms with E-state index in [-0.39, 0.29) is 96.4 Å². The van der Waals surface area contributed by atoms with E-state index >= 15 is 4.79 Å². The van der Waals surface area contributed by atoms with Gasteiger partial charge in [0.05, 0.1) is 72.9 Å². The first-order valence-corrected chi connectivity index (χ1v) is 44.9. The second-order valence-corrected chi connectivity index (χ2v) is 35.4. The van der Waals surface area contributed by atoms with Crippen molar-refractivity contribution in [1.29, 1.82) is 0 Å². The van der Waals surface area contributed by atoms with Crippen molar-refractivity contribution in [3.8, 4) is 0 Å². The number of benzene rings is 4. The fraction of sp³-hybridized carbons (Fsp3) is 0.438. The number of amides is 6. The summed E-state index contributed by atoms with van der Waals surface area (Å²) in [5.74, 6) is -18.3. The Bertz CT molecular complexity index is 5540. The summed E-state index contributed by atoms with van der Waals surface area (Å²) in [5, 5.41) is 81.1. The Hall–Kier alpha value is -14.1. The molecule has 0 radical (unpaired) electrons. The summed E-state index contributed by atoms with van der Waals surface area (Å²) in [6, 6.07) is 21.6. The topological polar surface area (TPSA) is 692 Å². The van der Waals surface area contributed by atoms with Crippen molar-refractivity contribution in [3.05, 3.63) is 177 Å². The van der Waals surface area contributed by atoms with Crippen LogP contribution in [0.4, 0.5) is 16.3 Å². The zero-order chi connectivity index (χ0) is 99.1. The number of aromatic amines is 1. The number of aliphatic imine (C=N–C) groups is 1. The minimum absolute atomic E-state index is 0.0125. The second kappa shape index (κ2) is 46.5. The number of rotatable bonds is 41. The number of guanidine groups is 1. The number of carboxylic acids is 4. The zero-order valence-corrected chi connectivity index (χ0v) is 76.0. The monoisotopic (exact) mass is 1910 g/mol. The average Bonchev–Trinajstić information content (AvgIpc) is 0.665. The number of pyridine rings is 1. The van der Waals surface area contributed by atoms with E-state index < -0.39 is 234 Å². The molecule has 4 aliphatic rings. The number of Topliss-reactive ketones (excluding diaryl/α,β-unsaturated/α-hetero) is 1. The Balaban J connectivity index is 0.000000303. The number of aliphatic hydroxyl groups excluding tert-OH is 1. The number of esters is 4. The summed E-state index contributed by atoms with van der Waals surface area (Å²) in [7, 11) is 2.44. The molecule has 3 fully saturated rings. The Labute approximate surface area is 778 Å². The highest BCUT2D eigenvalue weighted by atomic mass is 33.1. The van der Waals surface area contributed by atoms with Crippen molar-refractivity contribution >= 4 is 145 Å². The van der Waals surface area contributed by atoms with Crippen LogP contribution in [0.15, 0.2) is 148 Å². The van der Waals surface area contributed by atoms with Gasteiger partial charge in [0, 0.05) is 79.5 Å². The van der Waals surface area contributed by atoms with Crippen molar-refractivity contribution in [2.45, 2.75) is 197 Å². The number of nitrogen functional groups attached to an aromatic ring is 1. The second-order valence-electron chi connectivity index (χ2n) is 32.6. The van der Waals surface area contributed by atoms with Crippen LogP contribution < -0.4 is 60.0 Å². The number of nitrogens with two attached hydrogens (primary N) is 3. The molecular formula is C89H106N14O30S2. The number of aliphatic carboxylic acids is 4. The standard InChI is InChI=1S/C50H55NO16.C39H51N13O14S2/c1-8-61-46(59)65-34-24-35-49(26-62-35,67-29(4)53)40-42(66-44(57)32-22-16-11-17-23-32)50(60)25-33(27(2)36(47(50,5)6)39(63-28(3)52)41(55)48(34,40)7)64-45(58)38(54)37(30-18-12-9-13-19-30)51-43(56)31-20-14-10-15-21-31;1-2-67-68-17-26(38(65)66)51-35(61)25(14-30(56)57)50-33(59)21(4-3-11-43-39(41)42)48-34(60)24(13-29(54)55)47-28(53)10-9-22(37(63)64)49-32(58)18-5-7-19(8-6-18)44-15-20-16-45-23-12-27(40)52-36(62)31(23)46-20/h9-23,33-35,37-40,42,54,60H,8,24-26H2,1-7H3,(H,51,56);5-8,12,16,21-22,24-26,44H,2-4,9-11,13-15,17H2,1H3,(H,47,53)(H,48,60)(H,49,58)(H,50,59)(H,51,61)(H,54,55)(H,56,57)(H,63,64)(H,65,66)(H3,40,52,62)(H4,41,42,43)/t33-,34-,35+,37-,38+,39+,40?,42-,48+,49-,50+;21-,22-,24-,25-,26-/m00/s1. The van der Waals surface area contributed by atoms with Crippen molar-refractivity contribution in [1.82, 2.24) is 46.9 Å². The van der Waals surface area contributed by atoms with Gasteiger partial charge in [0.1, 0.15) is 66.0 Å². The molecule has 10 rings (SSSR count). The first-order valence-electron chi connectivity index (χ1n) is 42.4. The lowest BCUT2D eigenvalue weighted by Crippen LogP contribution is -2.82. The number of ketones is 1. The van der Waals surface area contributed by atoms with Gasteiger partial charge in [-0.3, -0.25) is 67.5 Å². The third kappa shape index (κ3) is 26.0. The van der Waals surface area contributed by atoms with Crippen LogP contribution in [-0.4, -0.2) is 256 Å². The summed E-state index contributed by atoms with van der Waals surface area (Å²) < 4.78 is 41.8. The van der Waals surface area contributed by atoms with Gasteiger partial charge in [0.25, 0.3) is 17.4 Å². The molecule has 3 heterocycles. The van der Waals surface area contributed by atoms with Crippen LogP contribution in [0, 0.1) is 16.7 Å². The Morgan fingerprint density at radius 3 is 1.82 bits per heavy atom. The molecule has 1 saturated heterocycles. The molecule has 44 nitrogen and oxygen atoms in total. The van der Waals surface area contributed by atoms with Gasteiger partial charge in [-0.25, -0.2) is 29.0 Å². The predicted octanol–water partition coefficient (Wildman–Crippen LogP) is 2.82. The molecule has 3 aliphatic carbocycles. The molecule has 2 aromatic heterocycles. The molecule has 2 bridgehead atoms. The minimum Gasteiger partial charge on any atom is -0.481 e. The lowest BCUT2D eigenvalue weighted by molar-refractivity contribution is -0.346. The number of anilines is 2. The molecule has 1 aliphatic heterocycles. The fourth-order valence-corrected chi connectivity index (χ4v) is 18.3. The van der Waals surface area contributed by atoms with E-state index in [9.17, 15) is 107 Å². The quantitative estimate of drug-likeness (QED) is 0.00499. The molecule has 6 amide bonds. The molecule has 2 saturated carbocycles. The van der Waals surface area contributed by atoms with E-state index in [0.717, 1.165) is 24.6 Å². The third-order valence-corrected chi connectivity index (χ3v) is 25.6. The maximum atomic E-state index is 16.0. The van der Waals surface area contributed by atoms with Crippen LogP contribution in [0.5, 0.6) is 0 Å². The lowest BCUT2D eigenvalue weighted by atomic mass is 9.44. The number of nitrogens with zero attached hydrogens (tertiary/aromatic N) is 3. The number of carboxylic acid groups (broad SMARTS) is 4. The van der Waals surface area contributed by atoms with E-state index in [1.54, 1.807) is 99.6 Å². The van der Waals surface area contributed by atoms with E-state index in [0.29, 0.717) is 28.2 Å². The van der Waals surface area contributed by atoms with E-state index in [1.165, 1.54) is 73.3 Å². The number of H-pyrrole nitrogens is 1. The van der Waals surface area contributed by atoms with Gasteiger partial charge in [0.15, 0.2) is 35.1 Å². The van der Waals surface area contributed by atoms with Gasteiger partial charge in [-0.15, -0.1) is 0 Å². The Kier molecular flexibility index (Phi) is 36.0. The van der Waals surface area contributed by atoms with E-state index in [2.05, 4.69) is 57.2 Å². The van der Waals surface area contributed by atoms with Crippen molar-refractivity contribution in [2.24, 2.45) is 33.2 Å². The number of nitrogens with one attached hydrogen (secondary N) is 8. The van der Waals surface area contributed by atoms with Crippen molar-refractivity contribution in [3.63, 3.8) is 0 Å². The highest BCUT2D eigenvalue weighted by Crippen LogP contribution is 2.65.